The number of aromatic amines is 1. The van der Waals surface area contributed by atoms with Crippen molar-refractivity contribution in [2.45, 2.75) is 38.6 Å². The summed E-state index contributed by atoms with van der Waals surface area (Å²) in [6.45, 7) is 5.99. The van der Waals surface area contributed by atoms with Gasteiger partial charge in [-0.3, -0.25) is 5.10 Å². The SMILES string of the molecule is CCCCN1CCC(Nc2ccc3[nH]ncc3c2)CC1. The average molecular weight is 272 g/mol. The molecular formula is C16H24N4. The van der Waals surface area contributed by atoms with E-state index < -0.39 is 0 Å². The predicted octanol–water partition coefficient (Wildman–Crippen LogP) is 3.24. The molecule has 1 aromatic carbocycles. The third-order valence-corrected chi connectivity index (χ3v) is 4.23. The van der Waals surface area contributed by atoms with Gasteiger partial charge >= 0.3 is 0 Å². The zero-order chi connectivity index (χ0) is 13.8. The van der Waals surface area contributed by atoms with Crippen molar-refractivity contribution in [1.82, 2.24) is 15.1 Å². The summed E-state index contributed by atoms with van der Waals surface area (Å²) in [7, 11) is 0. The van der Waals surface area contributed by atoms with Gasteiger partial charge in [0.15, 0.2) is 0 Å². The van der Waals surface area contributed by atoms with Crippen molar-refractivity contribution in [3.63, 3.8) is 0 Å². The minimum atomic E-state index is 0.609. The molecule has 3 rings (SSSR count). The predicted molar refractivity (Wildman–Crippen MR) is 84.1 cm³/mol. The highest BCUT2D eigenvalue weighted by atomic mass is 15.1. The molecule has 2 heterocycles. The van der Waals surface area contributed by atoms with Gasteiger partial charge in [0.2, 0.25) is 0 Å². The molecule has 1 fully saturated rings. The highest BCUT2D eigenvalue weighted by Gasteiger charge is 2.18. The van der Waals surface area contributed by atoms with Crippen LogP contribution in [0.3, 0.4) is 0 Å². The minimum Gasteiger partial charge on any atom is -0.382 e. The lowest BCUT2D eigenvalue weighted by Crippen LogP contribution is -2.39. The summed E-state index contributed by atoms with van der Waals surface area (Å²) in [6.07, 6.45) is 6.99. The number of likely N-dealkylation sites (tertiary alicyclic amines) is 1. The Morgan fingerprint density at radius 1 is 1.35 bits per heavy atom. The van der Waals surface area contributed by atoms with Crippen molar-refractivity contribution in [1.29, 1.82) is 0 Å². The van der Waals surface area contributed by atoms with Gasteiger partial charge in [0.25, 0.3) is 0 Å². The van der Waals surface area contributed by atoms with E-state index in [4.69, 9.17) is 0 Å². The number of H-pyrrole nitrogens is 1. The van der Waals surface area contributed by atoms with Crippen LogP contribution >= 0.6 is 0 Å². The Bertz CT molecular complexity index is 540. The number of piperidine rings is 1. The van der Waals surface area contributed by atoms with E-state index in [1.807, 2.05) is 6.20 Å². The van der Waals surface area contributed by atoms with E-state index in [0.29, 0.717) is 6.04 Å². The number of benzene rings is 1. The van der Waals surface area contributed by atoms with Crippen molar-refractivity contribution >= 4 is 16.6 Å². The lowest BCUT2D eigenvalue weighted by molar-refractivity contribution is 0.216. The highest BCUT2D eigenvalue weighted by Crippen LogP contribution is 2.20. The maximum Gasteiger partial charge on any atom is 0.0651 e. The second-order valence-electron chi connectivity index (χ2n) is 5.79. The molecule has 108 valence electrons. The van der Waals surface area contributed by atoms with Crippen LogP contribution in [0.15, 0.2) is 24.4 Å². The Kier molecular flexibility index (Phi) is 4.21. The number of unbranched alkanes of at least 4 members (excludes halogenated alkanes) is 1. The fourth-order valence-electron chi connectivity index (χ4n) is 2.95. The van der Waals surface area contributed by atoms with Crippen LogP contribution in [0.5, 0.6) is 0 Å². The molecule has 0 aliphatic carbocycles. The van der Waals surface area contributed by atoms with Crippen LogP contribution in [0, 0.1) is 0 Å². The van der Waals surface area contributed by atoms with Gasteiger partial charge in [-0.15, -0.1) is 0 Å². The molecule has 1 aromatic heterocycles. The van der Waals surface area contributed by atoms with Crippen molar-refractivity contribution in [2.24, 2.45) is 0 Å². The van der Waals surface area contributed by atoms with E-state index in [9.17, 15) is 0 Å². The summed E-state index contributed by atoms with van der Waals surface area (Å²) in [5.74, 6) is 0. The van der Waals surface area contributed by atoms with Crippen LogP contribution in [-0.2, 0) is 0 Å². The van der Waals surface area contributed by atoms with Gasteiger partial charge in [0.1, 0.15) is 0 Å². The van der Waals surface area contributed by atoms with E-state index >= 15 is 0 Å². The van der Waals surface area contributed by atoms with Crippen molar-refractivity contribution in [3.8, 4) is 0 Å². The number of hydrogen-bond acceptors (Lipinski definition) is 3. The van der Waals surface area contributed by atoms with E-state index in [1.165, 1.54) is 56.4 Å². The molecule has 0 unspecified atom stereocenters. The average Bonchev–Trinajstić information content (AvgIpc) is 2.94. The molecule has 2 aromatic rings. The lowest BCUT2D eigenvalue weighted by atomic mass is 10.0. The van der Waals surface area contributed by atoms with Crippen LogP contribution in [0.1, 0.15) is 32.6 Å². The second kappa shape index (κ2) is 6.27. The Morgan fingerprint density at radius 2 is 2.20 bits per heavy atom. The molecule has 0 saturated carbocycles. The van der Waals surface area contributed by atoms with Gasteiger partial charge in [-0.2, -0.15) is 5.10 Å². The molecule has 0 amide bonds. The minimum absolute atomic E-state index is 0.609. The number of hydrogen-bond donors (Lipinski definition) is 2. The first-order chi connectivity index (χ1) is 9.85. The number of nitrogens with one attached hydrogen (secondary N) is 2. The molecule has 4 heteroatoms. The first-order valence-corrected chi connectivity index (χ1v) is 7.77. The van der Waals surface area contributed by atoms with Gasteiger partial charge in [-0.1, -0.05) is 13.3 Å². The van der Waals surface area contributed by atoms with E-state index in [0.717, 1.165) is 5.52 Å². The molecule has 20 heavy (non-hydrogen) atoms. The van der Waals surface area contributed by atoms with Gasteiger partial charge < -0.3 is 10.2 Å². The van der Waals surface area contributed by atoms with Gasteiger partial charge in [-0.05, 0) is 44.0 Å². The first kappa shape index (κ1) is 13.4. The summed E-state index contributed by atoms with van der Waals surface area (Å²) < 4.78 is 0. The lowest BCUT2D eigenvalue weighted by Gasteiger charge is -2.32. The van der Waals surface area contributed by atoms with Crippen LogP contribution < -0.4 is 5.32 Å². The van der Waals surface area contributed by atoms with Crippen LogP contribution in [0.25, 0.3) is 10.9 Å². The molecule has 0 radical (unpaired) electrons. The number of rotatable bonds is 5. The van der Waals surface area contributed by atoms with Crippen LogP contribution in [0.4, 0.5) is 5.69 Å². The molecule has 1 saturated heterocycles. The third kappa shape index (κ3) is 3.12. The first-order valence-electron chi connectivity index (χ1n) is 7.77. The largest absolute Gasteiger partial charge is 0.382 e. The molecular weight excluding hydrogens is 248 g/mol. The Morgan fingerprint density at radius 3 is 3.00 bits per heavy atom. The van der Waals surface area contributed by atoms with E-state index in [-0.39, 0.29) is 0 Å². The Hall–Kier alpha value is -1.55. The number of anilines is 1. The van der Waals surface area contributed by atoms with Crippen molar-refractivity contribution < 1.29 is 0 Å². The molecule has 1 aliphatic heterocycles. The molecule has 0 spiro atoms. The summed E-state index contributed by atoms with van der Waals surface area (Å²) in [6, 6.07) is 7.03. The molecule has 4 nitrogen and oxygen atoms in total. The quantitative estimate of drug-likeness (QED) is 0.878. The molecule has 0 bridgehead atoms. The fourth-order valence-corrected chi connectivity index (χ4v) is 2.95. The highest BCUT2D eigenvalue weighted by molar-refractivity contribution is 5.81. The number of nitrogens with zero attached hydrogens (tertiary/aromatic N) is 2. The van der Waals surface area contributed by atoms with Crippen molar-refractivity contribution in [2.75, 3.05) is 25.0 Å². The standard InChI is InChI=1S/C16H24N4/c1-2-3-8-20-9-6-14(7-10-20)18-15-4-5-16-13(11-15)12-17-19-16/h4-5,11-12,14,18H,2-3,6-10H2,1H3,(H,17,19). The van der Waals surface area contributed by atoms with Gasteiger partial charge in [0.05, 0.1) is 11.7 Å². The smallest absolute Gasteiger partial charge is 0.0651 e. The van der Waals surface area contributed by atoms with Crippen molar-refractivity contribution in [3.05, 3.63) is 24.4 Å². The second-order valence-corrected chi connectivity index (χ2v) is 5.79. The number of aromatic nitrogens is 2. The fraction of sp³-hybridized carbons (Fsp3) is 0.562. The number of fused-ring (bicyclic) bond motifs is 1. The summed E-state index contributed by atoms with van der Waals surface area (Å²) in [5, 5.41) is 11.9. The molecule has 2 N–H and O–H groups in total. The molecule has 1 aliphatic rings. The zero-order valence-corrected chi connectivity index (χ0v) is 12.2. The van der Waals surface area contributed by atoms with Crippen LogP contribution in [-0.4, -0.2) is 40.8 Å². The summed E-state index contributed by atoms with van der Waals surface area (Å²) >= 11 is 0. The summed E-state index contributed by atoms with van der Waals surface area (Å²) in [5.41, 5.74) is 2.32. The van der Waals surface area contributed by atoms with Gasteiger partial charge in [-0.25, -0.2) is 0 Å². The zero-order valence-electron chi connectivity index (χ0n) is 12.2. The third-order valence-electron chi connectivity index (χ3n) is 4.23. The normalized spacial score (nSPS) is 17.6. The monoisotopic (exact) mass is 272 g/mol. The van der Waals surface area contributed by atoms with Crippen LogP contribution in [0.2, 0.25) is 0 Å². The maximum atomic E-state index is 4.07. The van der Waals surface area contributed by atoms with E-state index in [1.54, 1.807) is 0 Å². The Labute approximate surface area is 120 Å². The summed E-state index contributed by atoms with van der Waals surface area (Å²) in [4.78, 5) is 2.60. The topological polar surface area (TPSA) is 44.0 Å². The molecule has 0 atom stereocenters. The Balaban J connectivity index is 1.53. The maximum absolute atomic E-state index is 4.07. The van der Waals surface area contributed by atoms with Gasteiger partial charge in [0, 0.05) is 30.2 Å². The van der Waals surface area contributed by atoms with E-state index in [2.05, 4.69) is 45.5 Å².